The summed E-state index contributed by atoms with van der Waals surface area (Å²) >= 11 is 0. The first-order chi connectivity index (χ1) is 13.1. The van der Waals surface area contributed by atoms with Crippen molar-refractivity contribution >= 4 is 23.9 Å². The van der Waals surface area contributed by atoms with Gasteiger partial charge in [-0.2, -0.15) is 0 Å². The molecule has 0 radical (unpaired) electrons. The Morgan fingerprint density at radius 2 is 1.75 bits per heavy atom. The van der Waals surface area contributed by atoms with Gasteiger partial charge in [-0.3, -0.25) is 14.4 Å². The van der Waals surface area contributed by atoms with Crippen molar-refractivity contribution in [2.24, 2.45) is 0 Å². The number of rotatable bonds is 9. The molecule has 0 spiro atoms. The first-order valence-electron chi connectivity index (χ1n) is 8.75. The molecule has 1 aromatic rings. The fourth-order valence-corrected chi connectivity index (χ4v) is 2.08. The zero-order valence-corrected chi connectivity index (χ0v) is 16.2. The van der Waals surface area contributed by atoms with Gasteiger partial charge in [-0.05, 0) is 32.8 Å². The number of benzene rings is 1. The second-order valence-corrected chi connectivity index (χ2v) is 7.00. The maximum atomic E-state index is 12.1. The largest absolute Gasteiger partial charge is 0.480 e. The Morgan fingerprint density at radius 1 is 1.11 bits per heavy atom. The zero-order valence-electron chi connectivity index (χ0n) is 16.2. The molecule has 1 unspecified atom stereocenters. The van der Waals surface area contributed by atoms with E-state index < -0.39 is 42.1 Å². The summed E-state index contributed by atoms with van der Waals surface area (Å²) in [5.41, 5.74) is 0.0410. The zero-order chi connectivity index (χ0) is 21.2. The van der Waals surface area contributed by atoms with E-state index in [1.54, 1.807) is 32.9 Å². The summed E-state index contributed by atoms with van der Waals surface area (Å²) in [5.74, 6) is -2.51. The molecule has 0 heterocycles. The minimum absolute atomic E-state index is 0.0711. The van der Waals surface area contributed by atoms with Gasteiger partial charge in [0, 0.05) is 6.42 Å². The molecular formula is C19H26N2O7. The molecule has 0 saturated heterocycles. The lowest BCUT2D eigenvalue weighted by molar-refractivity contribution is -0.145. The highest BCUT2D eigenvalue weighted by molar-refractivity contribution is 5.88. The Morgan fingerprint density at radius 3 is 2.32 bits per heavy atom. The smallest absolute Gasteiger partial charge is 0.408 e. The number of aliphatic carboxylic acids is 1. The minimum Gasteiger partial charge on any atom is -0.480 e. The van der Waals surface area contributed by atoms with Crippen molar-refractivity contribution in [2.75, 3.05) is 6.54 Å². The van der Waals surface area contributed by atoms with Gasteiger partial charge in [-0.25, -0.2) is 4.79 Å². The Balaban J connectivity index is 2.59. The summed E-state index contributed by atoms with van der Waals surface area (Å²) in [4.78, 5) is 46.6. The van der Waals surface area contributed by atoms with Gasteiger partial charge < -0.3 is 25.2 Å². The van der Waals surface area contributed by atoms with Gasteiger partial charge in [0.25, 0.3) is 0 Å². The lowest BCUT2D eigenvalue weighted by Crippen LogP contribution is -2.49. The van der Waals surface area contributed by atoms with Crippen LogP contribution in [0.2, 0.25) is 0 Å². The van der Waals surface area contributed by atoms with Gasteiger partial charge in [0.05, 0.1) is 0 Å². The summed E-state index contributed by atoms with van der Waals surface area (Å²) < 4.78 is 10.2. The van der Waals surface area contributed by atoms with E-state index in [4.69, 9.17) is 14.6 Å². The van der Waals surface area contributed by atoms with Gasteiger partial charge in [0.15, 0.2) is 0 Å². The van der Waals surface area contributed by atoms with E-state index in [1.165, 1.54) is 0 Å². The molecule has 1 aromatic carbocycles. The van der Waals surface area contributed by atoms with E-state index >= 15 is 0 Å². The molecule has 0 saturated carbocycles. The predicted octanol–water partition coefficient (Wildman–Crippen LogP) is 1.60. The van der Waals surface area contributed by atoms with Crippen LogP contribution in [-0.2, 0) is 30.5 Å². The number of amides is 2. The first kappa shape index (κ1) is 22.9. The molecule has 3 N–H and O–H groups in total. The number of carboxylic acid groups (broad SMARTS) is 1. The monoisotopic (exact) mass is 394 g/mol. The number of hydrogen-bond acceptors (Lipinski definition) is 6. The number of nitrogens with one attached hydrogen (secondary N) is 2. The van der Waals surface area contributed by atoms with Crippen LogP contribution in [0.25, 0.3) is 0 Å². The number of carbonyl (C=O) groups is 4. The molecule has 0 aliphatic carbocycles. The van der Waals surface area contributed by atoms with Crippen LogP contribution < -0.4 is 10.6 Å². The SMILES string of the molecule is CC(C)(C)OC(=O)NC(CCC(=O)OCc1ccccc1)C(=O)NCC(=O)O. The van der Waals surface area contributed by atoms with Crippen LogP contribution >= 0.6 is 0 Å². The highest BCUT2D eigenvalue weighted by atomic mass is 16.6. The van der Waals surface area contributed by atoms with Gasteiger partial charge in [0.1, 0.15) is 24.8 Å². The van der Waals surface area contributed by atoms with E-state index in [2.05, 4.69) is 10.6 Å². The molecule has 2 amide bonds. The molecule has 0 aromatic heterocycles. The molecule has 1 atom stereocenters. The van der Waals surface area contributed by atoms with Crippen molar-refractivity contribution < 1.29 is 33.8 Å². The van der Waals surface area contributed by atoms with Crippen LogP contribution in [-0.4, -0.2) is 47.2 Å². The number of alkyl carbamates (subject to hydrolysis) is 1. The number of esters is 1. The number of carboxylic acids is 1. The van der Waals surface area contributed by atoms with E-state index in [-0.39, 0.29) is 19.4 Å². The standard InChI is InChI=1S/C19H26N2O7/c1-19(2,3)28-18(26)21-14(17(25)20-11-15(22)23)9-10-16(24)27-12-13-7-5-4-6-8-13/h4-8,14H,9-12H2,1-3H3,(H,20,25)(H,21,26)(H,22,23). The van der Waals surface area contributed by atoms with Crippen LogP contribution in [0.5, 0.6) is 0 Å². The van der Waals surface area contributed by atoms with Crippen LogP contribution in [0, 0.1) is 0 Å². The predicted molar refractivity (Wildman–Crippen MR) is 99.3 cm³/mol. The van der Waals surface area contributed by atoms with Crippen molar-refractivity contribution in [2.45, 2.75) is 51.9 Å². The first-order valence-corrected chi connectivity index (χ1v) is 8.75. The third-order valence-electron chi connectivity index (χ3n) is 3.30. The lowest BCUT2D eigenvalue weighted by Gasteiger charge is -2.23. The molecule has 28 heavy (non-hydrogen) atoms. The van der Waals surface area contributed by atoms with Gasteiger partial charge in [-0.15, -0.1) is 0 Å². The van der Waals surface area contributed by atoms with Gasteiger partial charge in [0.2, 0.25) is 5.91 Å². The van der Waals surface area contributed by atoms with Crippen LogP contribution in [0.1, 0.15) is 39.2 Å². The second kappa shape index (κ2) is 10.9. The quantitative estimate of drug-likeness (QED) is 0.542. The highest BCUT2D eigenvalue weighted by Gasteiger charge is 2.25. The Hall–Kier alpha value is -3.10. The molecule has 9 heteroatoms. The molecule has 0 fully saturated rings. The van der Waals surface area contributed by atoms with Gasteiger partial charge >= 0.3 is 18.0 Å². The summed E-state index contributed by atoms with van der Waals surface area (Å²) in [7, 11) is 0. The third kappa shape index (κ3) is 10.1. The van der Waals surface area contributed by atoms with E-state index in [9.17, 15) is 19.2 Å². The van der Waals surface area contributed by atoms with E-state index in [0.717, 1.165) is 5.56 Å². The summed E-state index contributed by atoms with van der Waals surface area (Å²) in [6.07, 6.45) is -1.06. The molecule has 9 nitrogen and oxygen atoms in total. The van der Waals surface area contributed by atoms with Gasteiger partial charge in [-0.1, -0.05) is 30.3 Å². The van der Waals surface area contributed by atoms with Crippen molar-refractivity contribution in [1.82, 2.24) is 10.6 Å². The van der Waals surface area contributed by atoms with Crippen molar-refractivity contribution in [3.8, 4) is 0 Å². The maximum absolute atomic E-state index is 12.1. The highest BCUT2D eigenvalue weighted by Crippen LogP contribution is 2.09. The summed E-state index contributed by atoms with van der Waals surface area (Å²) in [5, 5.41) is 13.2. The topological polar surface area (TPSA) is 131 Å². The number of ether oxygens (including phenoxy) is 2. The van der Waals surface area contributed by atoms with E-state index in [1.807, 2.05) is 18.2 Å². The lowest BCUT2D eigenvalue weighted by atomic mass is 10.1. The molecule has 0 aliphatic rings. The van der Waals surface area contributed by atoms with Crippen molar-refractivity contribution in [1.29, 1.82) is 0 Å². The number of carbonyl (C=O) groups excluding carboxylic acids is 3. The third-order valence-corrected chi connectivity index (χ3v) is 3.30. The number of hydrogen-bond donors (Lipinski definition) is 3. The Kier molecular flexibility index (Phi) is 8.94. The van der Waals surface area contributed by atoms with Crippen LogP contribution in [0.3, 0.4) is 0 Å². The van der Waals surface area contributed by atoms with Crippen LogP contribution in [0.4, 0.5) is 4.79 Å². The molecule has 0 aliphatic heterocycles. The average molecular weight is 394 g/mol. The fraction of sp³-hybridized carbons (Fsp3) is 0.474. The minimum atomic E-state index is -1.23. The van der Waals surface area contributed by atoms with E-state index in [0.29, 0.717) is 0 Å². The van der Waals surface area contributed by atoms with Crippen LogP contribution in [0.15, 0.2) is 30.3 Å². The van der Waals surface area contributed by atoms with Crippen molar-refractivity contribution in [3.05, 3.63) is 35.9 Å². The summed E-state index contributed by atoms with van der Waals surface area (Å²) in [6, 6.07) is 7.94. The Labute approximate surface area is 163 Å². The van der Waals surface area contributed by atoms with Crippen molar-refractivity contribution in [3.63, 3.8) is 0 Å². The fourth-order valence-electron chi connectivity index (χ4n) is 2.08. The normalized spacial score (nSPS) is 11.8. The molecule has 1 rings (SSSR count). The molecular weight excluding hydrogens is 368 g/mol. The summed E-state index contributed by atoms with van der Waals surface area (Å²) in [6.45, 7) is 4.46. The molecule has 0 bridgehead atoms. The average Bonchev–Trinajstić information content (AvgIpc) is 2.60. The molecule has 154 valence electrons. The Bertz CT molecular complexity index is 683. The maximum Gasteiger partial charge on any atom is 0.408 e. The second-order valence-electron chi connectivity index (χ2n) is 7.00.